The predicted molar refractivity (Wildman–Crippen MR) is 65.8 cm³/mol. The molecule has 1 heterocycles. The molecule has 0 bridgehead atoms. The lowest BCUT2D eigenvalue weighted by atomic mass is 10.1. The van der Waals surface area contributed by atoms with Crippen LogP contribution in [0, 0.1) is 6.92 Å². The summed E-state index contributed by atoms with van der Waals surface area (Å²) in [6.07, 6.45) is 0. The van der Waals surface area contributed by atoms with E-state index in [1.807, 2.05) is 31.2 Å². The molecule has 0 unspecified atom stereocenters. The number of anilines is 1. The van der Waals surface area contributed by atoms with Crippen LogP contribution in [0.1, 0.15) is 5.56 Å². The summed E-state index contributed by atoms with van der Waals surface area (Å²) in [6, 6.07) is 8.00. The Morgan fingerprint density at radius 3 is 2.71 bits per heavy atom. The summed E-state index contributed by atoms with van der Waals surface area (Å²) in [4.78, 5) is 4.27. The van der Waals surface area contributed by atoms with Crippen LogP contribution in [0.15, 0.2) is 28.7 Å². The molecule has 2 rings (SSSR count). The standard InChI is InChI=1S/C10H9BrN2.ClH/c1-6-4-7-5-8(11)2-3-9(7)13-10(6)12;/h2-5H,1H3,(H2,12,13);1H. The molecule has 14 heavy (non-hydrogen) atoms. The lowest BCUT2D eigenvalue weighted by Crippen LogP contribution is -1.93. The Hall–Kier alpha value is -0.800. The van der Waals surface area contributed by atoms with Crippen molar-refractivity contribution >= 4 is 45.1 Å². The first kappa shape index (κ1) is 11.3. The summed E-state index contributed by atoms with van der Waals surface area (Å²) in [5.41, 5.74) is 7.66. The van der Waals surface area contributed by atoms with Crippen LogP contribution in [-0.4, -0.2) is 4.98 Å². The van der Waals surface area contributed by atoms with Crippen LogP contribution >= 0.6 is 28.3 Å². The average Bonchev–Trinajstić information content (AvgIpc) is 2.08. The zero-order valence-electron chi connectivity index (χ0n) is 7.62. The van der Waals surface area contributed by atoms with E-state index < -0.39 is 0 Å². The topological polar surface area (TPSA) is 38.9 Å². The van der Waals surface area contributed by atoms with Gasteiger partial charge in [0.25, 0.3) is 0 Å². The lowest BCUT2D eigenvalue weighted by molar-refractivity contribution is 1.34. The highest BCUT2D eigenvalue weighted by molar-refractivity contribution is 9.10. The van der Waals surface area contributed by atoms with Gasteiger partial charge in [-0.3, -0.25) is 0 Å². The number of nitrogen functional groups attached to an aromatic ring is 1. The molecular formula is C10H10BrClN2. The van der Waals surface area contributed by atoms with Gasteiger partial charge >= 0.3 is 0 Å². The van der Waals surface area contributed by atoms with E-state index in [2.05, 4.69) is 20.9 Å². The minimum Gasteiger partial charge on any atom is -0.383 e. The van der Waals surface area contributed by atoms with E-state index >= 15 is 0 Å². The fourth-order valence-electron chi connectivity index (χ4n) is 1.27. The summed E-state index contributed by atoms with van der Waals surface area (Å²) in [5.74, 6) is 0.606. The molecule has 0 saturated heterocycles. The van der Waals surface area contributed by atoms with Crippen LogP contribution in [0.5, 0.6) is 0 Å². The van der Waals surface area contributed by atoms with Gasteiger partial charge < -0.3 is 5.73 Å². The molecule has 1 aromatic heterocycles. The molecule has 2 aromatic rings. The average molecular weight is 274 g/mol. The molecule has 0 aliphatic heterocycles. The summed E-state index contributed by atoms with van der Waals surface area (Å²) < 4.78 is 1.06. The Balaban J connectivity index is 0.000000980. The molecule has 0 aliphatic carbocycles. The largest absolute Gasteiger partial charge is 0.383 e. The molecule has 0 atom stereocenters. The maximum absolute atomic E-state index is 5.70. The molecule has 4 heteroatoms. The Bertz CT molecular complexity index is 471. The molecule has 74 valence electrons. The van der Waals surface area contributed by atoms with Crippen LogP contribution in [-0.2, 0) is 0 Å². The van der Waals surface area contributed by atoms with Gasteiger partial charge in [0.05, 0.1) is 5.52 Å². The molecule has 2 nitrogen and oxygen atoms in total. The van der Waals surface area contributed by atoms with E-state index in [1.54, 1.807) is 0 Å². The highest BCUT2D eigenvalue weighted by Crippen LogP contribution is 2.21. The summed E-state index contributed by atoms with van der Waals surface area (Å²) >= 11 is 3.42. The summed E-state index contributed by atoms with van der Waals surface area (Å²) in [6.45, 7) is 1.96. The van der Waals surface area contributed by atoms with Crippen molar-refractivity contribution in [2.75, 3.05) is 5.73 Å². The van der Waals surface area contributed by atoms with Crippen molar-refractivity contribution in [2.45, 2.75) is 6.92 Å². The van der Waals surface area contributed by atoms with E-state index in [4.69, 9.17) is 5.73 Å². The zero-order chi connectivity index (χ0) is 9.42. The van der Waals surface area contributed by atoms with Gasteiger partial charge in [-0.25, -0.2) is 4.98 Å². The number of hydrogen-bond donors (Lipinski definition) is 1. The van der Waals surface area contributed by atoms with Gasteiger partial charge in [0.1, 0.15) is 5.82 Å². The minimum atomic E-state index is 0. The quantitative estimate of drug-likeness (QED) is 0.800. The maximum Gasteiger partial charge on any atom is 0.127 e. The highest BCUT2D eigenvalue weighted by Gasteiger charge is 1.99. The van der Waals surface area contributed by atoms with Gasteiger partial charge in [0.15, 0.2) is 0 Å². The SMILES string of the molecule is Cc1cc2cc(Br)ccc2nc1N.Cl. The maximum atomic E-state index is 5.70. The van der Waals surface area contributed by atoms with Crippen LogP contribution in [0.2, 0.25) is 0 Å². The first-order valence-corrected chi connectivity index (χ1v) is 4.78. The van der Waals surface area contributed by atoms with E-state index in [0.717, 1.165) is 20.9 Å². The third kappa shape index (κ3) is 1.99. The highest BCUT2D eigenvalue weighted by atomic mass is 79.9. The van der Waals surface area contributed by atoms with E-state index in [-0.39, 0.29) is 12.4 Å². The molecule has 0 fully saturated rings. The fraction of sp³-hybridized carbons (Fsp3) is 0.100. The Morgan fingerprint density at radius 2 is 2.00 bits per heavy atom. The third-order valence-electron chi connectivity index (χ3n) is 2.01. The molecule has 0 aliphatic rings. The lowest BCUT2D eigenvalue weighted by Gasteiger charge is -2.02. The predicted octanol–water partition coefficient (Wildman–Crippen LogP) is 3.31. The second kappa shape index (κ2) is 4.15. The summed E-state index contributed by atoms with van der Waals surface area (Å²) in [7, 11) is 0. The number of nitrogens with two attached hydrogens (primary N) is 1. The van der Waals surface area contributed by atoms with E-state index in [0.29, 0.717) is 5.82 Å². The fourth-order valence-corrected chi connectivity index (χ4v) is 1.65. The minimum absolute atomic E-state index is 0. The van der Waals surface area contributed by atoms with Crippen LogP contribution in [0.25, 0.3) is 10.9 Å². The molecule has 0 radical (unpaired) electrons. The van der Waals surface area contributed by atoms with Crippen molar-refractivity contribution in [3.63, 3.8) is 0 Å². The van der Waals surface area contributed by atoms with Crippen molar-refractivity contribution in [3.05, 3.63) is 34.3 Å². The molecule has 2 N–H and O–H groups in total. The number of halogens is 2. The number of rotatable bonds is 0. The smallest absolute Gasteiger partial charge is 0.127 e. The van der Waals surface area contributed by atoms with Crippen LogP contribution in [0.3, 0.4) is 0 Å². The number of benzene rings is 1. The van der Waals surface area contributed by atoms with Crippen LogP contribution in [0.4, 0.5) is 5.82 Å². The summed E-state index contributed by atoms with van der Waals surface area (Å²) in [5, 5.41) is 1.11. The molecule has 1 aromatic carbocycles. The molecule has 0 saturated carbocycles. The van der Waals surface area contributed by atoms with Crippen molar-refractivity contribution in [3.8, 4) is 0 Å². The Labute approximate surface area is 97.1 Å². The van der Waals surface area contributed by atoms with Gasteiger partial charge in [0.2, 0.25) is 0 Å². The second-order valence-corrected chi connectivity index (χ2v) is 3.94. The second-order valence-electron chi connectivity index (χ2n) is 3.03. The third-order valence-corrected chi connectivity index (χ3v) is 2.50. The zero-order valence-corrected chi connectivity index (χ0v) is 10.0. The number of pyridine rings is 1. The Kier molecular flexibility index (Phi) is 3.34. The number of aromatic nitrogens is 1. The van der Waals surface area contributed by atoms with E-state index in [9.17, 15) is 0 Å². The van der Waals surface area contributed by atoms with E-state index in [1.165, 1.54) is 0 Å². The van der Waals surface area contributed by atoms with Crippen molar-refractivity contribution < 1.29 is 0 Å². The Morgan fingerprint density at radius 1 is 1.29 bits per heavy atom. The number of fused-ring (bicyclic) bond motifs is 1. The number of hydrogen-bond acceptors (Lipinski definition) is 2. The van der Waals surface area contributed by atoms with Crippen molar-refractivity contribution in [1.82, 2.24) is 4.98 Å². The van der Waals surface area contributed by atoms with Gasteiger partial charge in [0, 0.05) is 9.86 Å². The van der Waals surface area contributed by atoms with Crippen molar-refractivity contribution in [2.24, 2.45) is 0 Å². The number of aryl methyl sites for hydroxylation is 1. The van der Waals surface area contributed by atoms with Crippen molar-refractivity contribution in [1.29, 1.82) is 0 Å². The molecule has 0 amide bonds. The first-order valence-electron chi connectivity index (χ1n) is 3.99. The van der Waals surface area contributed by atoms with Crippen LogP contribution < -0.4 is 5.73 Å². The first-order chi connectivity index (χ1) is 6.16. The molecular weight excluding hydrogens is 263 g/mol. The van der Waals surface area contributed by atoms with Gasteiger partial charge in [-0.1, -0.05) is 15.9 Å². The van der Waals surface area contributed by atoms with Gasteiger partial charge in [-0.05, 0) is 36.8 Å². The monoisotopic (exact) mass is 272 g/mol. The van der Waals surface area contributed by atoms with Gasteiger partial charge in [-0.15, -0.1) is 12.4 Å². The number of nitrogens with zero attached hydrogens (tertiary/aromatic N) is 1. The van der Waals surface area contributed by atoms with Gasteiger partial charge in [-0.2, -0.15) is 0 Å². The normalized spacial score (nSPS) is 9.86. The molecule has 0 spiro atoms.